The van der Waals surface area contributed by atoms with Gasteiger partial charge in [0.2, 0.25) is 0 Å². The summed E-state index contributed by atoms with van der Waals surface area (Å²) in [5.74, 6) is 0.746. The number of anilines is 1. The molecule has 0 atom stereocenters. The predicted molar refractivity (Wildman–Crippen MR) is 99.2 cm³/mol. The molecule has 0 aliphatic carbocycles. The van der Waals surface area contributed by atoms with Crippen molar-refractivity contribution in [3.63, 3.8) is 0 Å². The first-order valence-electron chi connectivity index (χ1n) is 8.30. The minimum Gasteiger partial charge on any atom is -0.487 e. The van der Waals surface area contributed by atoms with Crippen molar-refractivity contribution in [2.45, 2.75) is 33.4 Å². The minimum atomic E-state index is 0.534. The molecule has 3 rings (SSSR count). The third kappa shape index (κ3) is 3.99. The normalized spacial score (nSPS) is 10.8. The molecule has 3 aromatic rings. The SMILES string of the molecule is Cc1cn(CCc2ccc(OCc3ccccc3)c(N)c2)cc1C. The minimum absolute atomic E-state index is 0.534. The van der Waals surface area contributed by atoms with Gasteiger partial charge in [0.05, 0.1) is 5.69 Å². The Balaban J connectivity index is 1.59. The highest BCUT2D eigenvalue weighted by Crippen LogP contribution is 2.24. The van der Waals surface area contributed by atoms with Gasteiger partial charge in [0.15, 0.2) is 0 Å². The summed E-state index contributed by atoms with van der Waals surface area (Å²) in [6, 6.07) is 16.2. The molecular weight excluding hydrogens is 296 g/mol. The van der Waals surface area contributed by atoms with Crippen LogP contribution in [-0.4, -0.2) is 4.57 Å². The van der Waals surface area contributed by atoms with Gasteiger partial charge in [-0.3, -0.25) is 0 Å². The first kappa shape index (κ1) is 16.2. The number of nitrogen functional groups attached to an aromatic ring is 1. The molecule has 3 nitrogen and oxygen atoms in total. The molecule has 0 spiro atoms. The molecule has 0 saturated heterocycles. The van der Waals surface area contributed by atoms with Crippen LogP contribution in [0, 0.1) is 13.8 Å². The molecule has 0 fully saturated rings. The van der Waals surface area contributed by atoms with Crippen LogP contribution >= 0.6 is 0 Å². The maximum atomic E-state index is 6.15. The van der Waals surface area contributed by atoms with Crippen LogP contribution in [-0.2, 0) is 19.6 Å². The Labute approximate surface area is 143 Å². The topological polar surface area (TPSA) is 40.2 Å². The lowest BCUT2D eigenvalue weighted by atomic mass is 10.1. The van der Waals surface area contributed by atoms with Gasteiger partial charge in [-0.15, -0.1) is 0 Å². The van der Waals surface area contributed by atoms with E-state index in [-0.39, 0.29) is 0 Å². The molecule has 0 bridgehead atoms. The molecule has 1 aromatic heterocycles. The molecule has 0 aliphatic rings. The fourth-order valence-corrected chi connectivity index (χ4v) is 2.75. The third-order valence-electron chi connectivity index (χ3n) is 4.31. The van der Waals surface area contributed by atoms with Gasteiger partial charge in [-0.1, -0.05) is 36.4 Å². The first-order valence-corrected chi connectivity index (χ1v) is 8.30. The van der Waals surface area contributed by atoms with E-state index in [2.05, 4.69) is 36.9 Å². The summed E-state index contributed by atoms with van der Waals surface area (Å²) in [5, 5.41) is 0. The third-order valence-corrected chi connectivity index (χ3v) is 4.31. The van der Waals surface area contributed by atoms with Crippen LogP contribution in [0.4, 0.5) is 5.69 Å². The van der Waals surface area contributed by atoms with Crippen LogP contribution in [0.5, 0.6) is 5.75 Å². The van der Waals surface area contributed by atoms with Crippen molar-refractivity contribution in [3.05, 3.63) is 83.2 Å². The van der Waals surface area contributed by atoms with E-state index < -0.39 is 0 Å². The van der Waals surface area contributed by atoms with Crippen molar-refractivity contribution in [1.82, 2.24) is 4.57 Å². The maximum Gasteiger partial charge on any atom is 0.142 e. The zero-order valence-corrected chi connectivity index (χ0v) is 14.3. The molecule has 2 N–H and O–H groups in total. The van der Waals surface area contributed by atoms with Gasteiger partial charge in [-0.2, -0.15) is 0 Å². The molecule has 24 heavy (non-hydrogen) atoms. The van der Waals surface area contributed by atoms with Crippen LogP contribution in [0.25, 0.3) is 0 Å². The zero-order valence-electron chi connectivity index (χ0n) is 14.3. The van der Waals surface area contributed by atoms with E-state index in [1.165, 1.54) is 16.7 Å². The standard InChI is InChI=1S/C21H24N2O/c1-16-13-23(14-17(16)2)11-10-18-8-9-21(20(22)12-18)24-15-19-6-4-3-5-7-19/h3-9,12-14H,10-11,15,22H2,1-2H3. The lowest BCUT2D eigenvalue weighted by molar-refractivity contribution is 0.308. The van der Waals surface area contributed by atoms with Crippen molar-refractivity contribution < 1.29 is 4.74 Å². The number of nitrogens with two attached hydrogens (primary N) is 1. The van der Waals surface area contributed by atoms with Gasteiger partial charge >= 0.3 is 0 Å². The van der Waals surface area contributed by atoms with E-state index in [9.17, 15) is 0 Å². The fourth-order valence-electron chi connectivity index (χ4n) is 2.75. The van der Waals surface area contributed by atoms with Gasteiger partial charge in [-0.05, 0) is 54.7 Å². The highest BCUT2D eigenvalue weighted by molar-refractivity contribution is 5.54. The predicted octanol–water partition coefficient (Wildman–Crippen LogP) is 4.51. The fraction of sp³-hybridized carbons (Fsp3) is 0.238. The number of nitrogens with zero attached hydrogens (tertiary/aromatic N) is 1. The Kier molecular flexibility index (Phi) is 4.90. The number of aromatic nitrogens is 1. The Hall–Kier alpha value is -2.68. The lowest BCUT2D eigenvalue weighted by Crippen LogP contribution is -2.02. The number of benzene rings is 2. The molecule has 0 amide bonds. The average molecular weight is 320 g/mol. The second-order valence-electron chi connectivity index (χ2n) is 6.26. The van der Waals surface area contributed by atoms with Crippen molar-refractivity contribution >= 4 is 5.69 Å². The molecule has 0 radical (unpaired) electrons. The van der Waals surface area contributed by atoms with E-state index in [0.29, 0.717) is 12.3 Å². The molecule has 0 aliphatic heterocycles. The van der Waals surface area contributed by atoms with Crippen molar-refractivity contribution in [3.8, 4) is 5.75 Å². The van der Waals surface area contributed by atoms with Gasteiger partial charge < -0.3 is 15.0 Å². The Morgan fingerprint density at radius 1 is 0.917 bits per heavy atom. The summed E-state index contributed by atoms with van der Waals surface area (Å²) in [5.41, 5.74) is 11.9. The second kappa shape index (κ2) is 7.26. The largest absolute Gasteiger partial charge is 0.487 e. The number of ether oxygens (including phenoxy) is 1. The monoisotopic (exact) mass is 320 g/mol. The molecule has 3 heteroatoms. The summed E-state index contributed by atoms with van der Waals surface area (Å²) in [4.78, 5) is 0. The van der Waals surface area contributed by atoms with Crippen LogP contribution in [0.2, 0.25) is 0 Å². The van der Waals surface area contributed by atoms with Crippen LogP contribution in [0.15, 0.2) is 60.9 Å². The molecule has 2 aromatic carbocycles. The first-order chi connectivity index (χ1) is 11.6. The van der Waals surface area contributed by atoms with E-state index in [1.54, 1.807) is 0 Å². The summed E-state index contributed by atoms with van der Waals surface area (Å²) in [7, 11) is 0. The smallest absolute Gasteiger partial charge is 0.142 e. The van der Waals surface area contributed by atoms with E-state index in [4.69, 9.17) is 10.5 Å². The Morgan fingerprint density at radius 3 is 2.29 bits per heavy atom. The van der Waals surface area contributed by atoms with Gasteiger partial charge in [-0.25, -0.2) is 0 Å². The van der Waals surface area contributed by atoms with E-state index in [0.717, 1.165) is 24.3 Å². The lowest BCUT2D eigenvalue weighted by Gasteiger charge is -2.11. The molecule has 124 valence electrons. The van der Waals surface area contributed by atoms with Crippen LogP contribution in [0.3, 0.4) is 0 Å². The quantitative estimate of drug-likeness (QED) is 0.679. The number of rotatable bonds is 6. The maximum absolute atomic E-state index is 6.15. The average Bonchev–Trinajstić information content (AvgIpc) is 2.91. The van der Waals surface area contributed by atoms with Crippen molar-refractivity contribution in [1.29, 1.82) is 0 Å². The number of aryl methyl sites for hydroxylation is 4. The van der Waals surface area contributed by atoms with E-state index >= 15 is 0 Å². The molecular formula is C21H24N2O. The summed E-state index contributed by atoms with van der Waals surface area (Å²) in [6.45, 7) is 5.77. The van der Waals surface area contributed by atoms with Gasteiger partial charge in [0.1, 0.15) is 12.4 Å². The highest BCUT2D eigenvalue weighted by Gasteiger charge is 2.04. The molecule has 0 saturated carbocycles. The molecule has 1 heterocycles. The summed E-state index contributed by atoms with van der Waals surface area (Å²) >= 11 is 0. The summed E-state index contributed by atoms with van der Waals surface area (Å²) < 4.78 is 8.07. The Bertz CT molecular complexity index is 786. The van der Waals surface area contributed by atoms with Crippen LogP contribution < -0.4 is 10.5 Å². The second-order valence-corrected chi connectivity index (χ2v) is 6.26. The van der Waals surface area contributed by atoms with Gasteiger partial charge in [0, 0.05) is 18.9 Å². The van der Waals surface area contributed by atoms with Crippen molar-refractivity contribution in [2.24, 2.45) is 0 Å². The number of hydrogen-bond acceptors (Lipinski definition) is 2. The van der Waals surface area contributed by atoms with Crippen molar-refractivity contribution in [2.75, 3.05) is 5.73 Å². The number of hydrogen-bond donors (Lipinski definition) is 1. The highest BCUT2D eigenvalue weighted by atomic mass is 16.5. The zero-order chi connectivity index (χ0) is 16.9. The summed E-state index contributed by atoms with van der Waals surface area (Å²) in [6.07, 6.45) is 5.34. The Morgan fingerprint density at radius 2 is 1.62 bits per heavy atom. The van der Waals surface area contributed by atoms with Gasteiger partial charge in [0.25, 0.3) is 0 Å². The van der Waals surface area contributed by atoms with Crippen LogP contribution in [0.1, 0.15) is 22.3 Å². The van der Waals surface area contributed by atoms with E-state index in [1.807, 2.05) is 42.5 Å². The molecule has 0 unspecified atom stereocenters.